The summed E-state index contributed by atoms with van der Waals surface area (Å²) in [6.45, 7) is 1.89. The SMILES string of the molecule is O=C([C@@H]1C[C@H]1c1cccc(Br)c1)N1CCCSCC1. The van der Waals surface area contributed by atoms with E-state index in [2.05, 4.69) is 39.0 Å². The van der Waals surface area contributed by atoms with Gasteiger partial charge in [0.1, 0.15) is 0 Å². The maximum atomic E-state index is 12.5. The number of amides is 1. The summed E-state index contributed by atoms with van der Waals surface area (Å²) < 4.78 is 1.11. The molecule has 4 heteroatoms. The molecule has 19 heavy (non-hydrogen) atoms. The van der Waals surface area contributed by atoms with E-state index in [-0.39, 0.29) is 5.92 Å². The number of benzene rings is 1. The Morgan fingerprint density at radius 1 is 1.32 bits per heavy atom. The van der Waals surface area contributed by atoms with Crippen LogP contribution in [0.1, 0.15) is 24.3 Å². The number of hydrogen-bond donors (Lipinski definition) is 0. The standard InChI is InChI=1S/C15H18BrNOS/c16-12-4-1-3-11(9-12)13-10-14(13)15(18)17-5-2-7-19-8-6-17/h1,3-4,9,13-14H,2,5-8,10H2/t13-,14+/m0/s1. The molecule has 0 aromatic heterocycles. The van der Waals surface area contributed by atoms with Crippen molar-refractivity contribution in [2.45, 2.75) is 18.8 Å². The molecule has 2 nitrogen and oxygen atoms in total. The Morgan fingerprint density at radius 2 is 2.21 bits per heavy atom. The second-order valence-electron chi connectivity index (χ2n) is 5.29. The average molecular weight is 340 g/mol. The quantitative estimate of drug-likeness (QED) is 0.821. The Hall–Kier alpha value is -0.480. The molecule has 1 saturated heterocycles. The third kappa shape index (κ3) is 3.16. The fourth-order valence-corrected chi connectivity index (χ4v) is 4.08. The third-order valence-corrected chi connectivity index (χ3v) is 5.46. The van der Waals surface area contributed by atoms with Crippen molar-refractivity contribution in [1.82, 2.24) is 4.90 Å². The van der Waals surface area contributed by atoms with Gasteiger partial charge >= 0.3 is 0 Å². The van der Waals surface area contributed by atoms with E-state index in [1.807, 2.05) is 17.8 Å². The van der Waals surface area contributed by atoms with Crippen molar-refractivity contribution in [3.63, 3.8) is 0 Å². The van der Waals surface area contributed by atoms with Crippen LogP contribution in [0.5, 0.6) is 0 Å². The monoisotopic (exact) mass is 339 g/mol. The van der Waals surface area contributed by atoms with Gasteiger partial charge in [-0.25, -0.2) is 0 Å². The molecule has 0 spiro atoms. The number of halogens is 1. The average Bonchev–Trinajstić information content (AvgIpc) is 3.22. The van der Waals surface area contributed by atoms with E-state index in [1.165, 1.54) is 11.3 Å². The zero-order chi connectivity index (χ0) is 13.2. The number of nitrogens with zero attached hydrogens (tertiary/aromatic N) is 1. The molecule has 1 heterocycles. The molecule has 1 aromatic rings. The highest BCUT2D eigenvalue weighted by molar-refractivity contribution is 9.10. The second-order valence-corrected chi connectivity index (χ2v) is 7.44. The number of carbonyl (C=O) groups is 1. The number of carbonyl (C=O) groups excluding carboxylic acids is 1. The van der Waals surface area contributed by atoms with E-state index in [0.29, 0.717) is 11.8 Å². The Kier molecular flexibility index (Phi) is 4.18. The molecule has 0 radical (unpaired) electrons. The van der Waals surface area contributed by atoms with Crippen LogP contribution in [0.15, 0.2) is 28.7 Å². The lowest BCUT2D eigenvalue weighted by Crippen LogP contribution is -2.34. The summed E-state index contributed by atoms with van der Waals surface area (Å²) in [5.41, 5.74) is 1.30. The van der Waals surface area contributed by atoms with E-state index < -0.39 is 0 Å². The Bertz CT molecular complexity index is 471. The first-order valence-corrected chi connectivity index (χ1v) is 8.82. The molecule has 1 saturated carbocycles. The molecule has 102 valence electrons. The predicted molar refractivity (Wildman–Crippen MR) is 83.5 cm³/mol. The van der Waals surface area contributed by atoms with Crippen molar-refractivity contribution in [1.29, 1.82) is 0 Å². The molecule has 3 rings (SSSR count). The van der Waals surface area contributed by atoms with Gasteiger partial charge in [0.15, 0.2) is 0 Å². The van der Waals surface area contributed by atoms with E-state index in [1.54, 1.807) is 0 Å². The van der Waals surface area contributed by atoms with E-state index in [4.69, 9.17) is 0 Å². The van der Waals surface area contributed by atoms with Gasteiger partial charge in [-0.05, 0) is 42.2 Å². The van der Waals surface area contributed by atoms with Crippen LogP contribution in [-0.4, -0.2) is 35.4 Å². The van der Waals surface area contributed by atoms with Crippen molar-refractivity contribution >= 4 is 33.6 Å². The van der Waals surface area contributed by atoms with Crippen molar-refractivity contribution in [2.75, 3.05) is 24.6 Å². The van der Waals surface area contributed by atoms with Gasteiger partial charge in [-0.15, -0.1) is 0 Å². The molecule has 1 aromatic carbocycles. The van der Waals surface area contributed by atoms with E-state index in [0.717, 1.165) is 36.2 Å². The topological polar surface area (TPSA) is 20.3 Å². The molecule has 2 fully saturated rings. The van der Waals surface area contributed by atoms with Gasteiger partial charge in [-0.2, -0.15) is 11.8 Å². The molecule has 1 aliphatic heterocycles. The number of hydrogen-bond acceptors (Lipinski definition) is 2. The second kappa shape index (κ2) is 5.88. The number of thioether (sulfide) groups is 1. The van der Waals surface area contributed by atoms with Crippen LogP contribution in [0.2, 0.25) is 0 Å². The number of rotatable bonds is 2. The van der Waals surface area contributed by atoms with Crippen molar-refractivity contribution in [2.24, 2.45) is 5.92 Å². The molecule has 1 amide bonds. The first-order valence-electron chi connectivity index (χ1n) is 6.88. The predicted octanol–water partition coefficient (Wildman–Crippen LogP) is 3.52. The van der Waals surface area contributed by atoms with E-state index >= 15 is 0 Å². The molecule has 2 atom stereocenters. The molecule has 0 unspecified atom stereocenters. The lowest BCUT2D eigenvalue weighted by molar-refractivity contribution is -0.132. The highest BCUT2D eigenvalue weighted by Gasteiger charge is 2.45. The molecule has 0 N–H and O–H groups in total. The fourth-order valence-electron chi connectivity index (χ4n) is 2.77. The van der Waals surface area contributed by atoms with Gasteiger partial charge in [-0.1, -0.05) is 28.1 Å². The van der Waals surface area contributed by atoms with Crippen molar-refractivity contribution in [3.8, 4) is 0 Å². The Labute approximate surface area is 127 Å². The molecule has 0 bridgehead atoms. The van der Waals surface area contributed by atoms with Crippen LogP contribution in [0.4, 0.5) is 0 Å². The Balaban J connectivity index is 1.64. The highest BCUT2D eigenvalue weighted by Crippen LogP contribution is 2.49. The summed E-state index contributed by atoms with van der Waals surface area (Å²) in [5.74, 6) is 3.36. The summed E-state index contributed by atoms with van der Waals surface area (Å²) >= 11 is 5.47. The van der Waals surface area contributed by atoms with E-state index in [9.17, 15) is 4.79 Å². The minimum atomic E-state index is 0.234. The maximum absolute atomic E-state index is 12.5. The first-order chi connectivity index (χ1) is 9.25. The van der Waals surface area contributed by atoms with Crippen LogP contribution in [-0.2, 0) is 4.79 Å². The highest BCUT2D eigenvalue weighted by atomic mass is 79.9. The van der Waals surface area contributed by atoms with Gasteiger partial charge in [0, 0.05) is 29.2 Å². The zero-order valence-electron chi connectivity index (χ0n) is 10.8. The minimum Gasteiger partial charge on any atom is -0.342 e. The maximum Gasteiger partial charge on any atom is 0.226 e. The largest absolute Gasteiger partial charge is 0.342 e. The van der Waals surface area contributed by atoms with Crippen LogP contribution < -0.4 is 0 Å². The summed E-state index contributed by atoms with van der Waals surface area (Å²) in [5, 5.41) is 0. The summed E-state index contributed by atoms with van der Waals surface area (Å²) in [4.78, 5) is 14.6. The van der Waals surface area contributed by atoms with Crippen molar-refractivity contribution < 1.29 is 4.79 Å². The van der Waals surface area contributed by atoms with Crippen molar-refractivity contribution in [3.05, 3.63) is 34.3 Å². The first kappa shape index (κ1) is 13.5. The minimum absolute atomic E-state index is 0.234. The van der Waals surface area contributed by atoms with Gasteiger partial charge in [0.25, 0.3) is 0 Å². The summed E-state index contributed by atoms with van der Waals surface area (Å²) in [6, 6.07) is 8.38. The molecular formula is C15H18BrNOS. The lowest BCUT2D eigenvalue weighted by atomic mass is 10.1. The van der Waals surface area contributed by atoms with Gasteiger partial charge in [0.05, 0.1) is 0 Å². The summed E-state index contributed by atoms with van der Waals surface area (Å²) in [7, 11) is 0. The molecule has 1 aliphatic carbocycles. The fraction of sp³-hybridized carbons (Fsp3) is 0.533. The Morgan fingerprint density at radius 3 is 3.05 bits per heavy atom. The third-order valence-electron chi connectivity index (χ3n) is 3.92. The van der Waals surface area contributed by atoms with Crippen LogP contribution >= 0.6 is 27.7 Å². The van der Waals surface area contributed by atoms with Crippen LogP contribution in [0.3, 0.4) is 0 Å². The van der Waals surface area contributed by atoms with Crippen LogP contribution in [0, 0.1) is 5.92 Å². The summed E-state index contributed by atoms with van der Waals surface area (Å²) in [6.07, 6.45) is 2.17. The van der Waals surface area contributed by atoms with Crippen LogP contribution in [0.25, 0.3) is 0 Å². The molecule has 2 aliphatic rings. The normalized spacial score (nSPS) is 26.9. The smallest absolute Gasteiger partial charge is 0.226 e. The van der Waals surface area contributed by atoms with Gasteiger partial charge in [-0.3, -0.25) is 4.79 Å². The molecular weight excluding hydrogens is 322 g/mol. The van der Waals surface area contributed by atoms with Gasteiger partial charge in [0.2, 0.25) is 5.91 Å². The zero-order valence-corrected chi connectivity index (χ0v) is 13.3. The lowest BCUT2D eigenvalue weighted by Gasteiger charge is -2.20. The van der Waals surface area contributed by atoms with Gasteiger partial charge < -0.3 is 4.90 Å².